The Morgan fingerprint density at radius 1 is 1.14 bits per heavy atom. The molecule has 7 heteroatoms. The summed E-state index contributed by atoms with van der Waals surface area (Å²) in [4.78, 5) is 12.8. The molecule has 0 bridgehead atoms. The van der Waals surface area contributed by atoms with Crippen LogP contribution in [0.25, 0.3) is 0 Å². The fraction of sp³-hybridized carbons (Fsp3) is 0.409. The van der Waals surface area contributed by atoms with Gasteiger partial charge in [0, 0.05) is 19.5 Å². The zero-order chi connectivity index (χ0) is 21.0. The molecule has 0 spiro atoms. The minimum atomic E-state index is -3.46. The molecule has 1 heterocycles. The minimum Gasteiger partial charge on any atom is -0.478 e. The predicted octanol–water partition coefficient (Wildman–Crippen LogP) is 3.04. The van der Waals surface area contributed by atoms with Crippen LogP contribution >= 0.6 is 0 Å². The Morgan fingerprint density at radius 3 is 2.59 bits per heavy atom. The quantitative estimate of drug-likeness (QED) is 0.785. The number of para-hydroxylation sites is 2. The second-order valence-electron chi connectivity index (χ2n) is 7.23. The van der Waals surface area contributed by atoms with E-state index in [-0.39, 0.29) is 18.9 Å². The van der Waals surface area contributed by atoms with E-state index in [4.69, 9.17) is 4.74 Å². The lowest BCUT2D eigenvalue weighted by Gasteiger charge is -2.20. The Balaban J connectivity index is 1.76. The van der Waals surface area contributed by atoms with Gasteiger partial charge in [0.05, 0.1) is 11.9 Å². The summed E-state index contributed by atoms with van der Waals surface area (Å²) in [5.74, 6) is 0.164. The zero-order valence-corrected chi connectivity index (χ0v) is 18.0. The standard InChI is InChI=1S/C22H28N2O4S/c1-4-16-10-11-17(5-2)18(14-16)15-23-22(25)21-12-13-24(29(3,26)27)19-8-6-7-9-20(19)28-21/h6-11,14,21H,4-5,12-13,15H2,1-3H3,(H,23,25)/t21-/m1/s1. The van der Waals surface area contributed by atoms with Gasteiger partial charge in [-0.2, -0.15) is 0 Å². The number of ether oxygens (including phenoxy) is 1. The molecule has 1 aliphatic rings. The predicted molar refractivity (Wildman–Crippen MR) is 115 cm³/mol. The first-order valence-electron chi connectivity index (χ1n) is 9.95. The number of anilines is 1. The van der Waals surface area contributed by atoms with Gasteiger partial charge in [0.1, 0.15) is 5.75 Å². The van der Waals surface area contributed by atoms with Gasteiger partial charge in [-0.3, -0.25) is 9.10 Å². The Kier molecular flexibility index (Phi) is 6.47. The fourth-order valence-corrected chi connectivity index (χ4v) is 4.51. The molecule has 1 amide bonds. The van der Waals surface area contributed by atoms with Crippen molar-refractivity contribution in [2.24, 2.45) is 0 Å². The summed E-state index contributed by atoms with van der Waals surface area (Å²) in [5, 5.41) is 2.97. The molecule has 29 heavy (non-hydrogen) atoms. The number of rotatable bonds is 6. The lowest BCUT2D eigenvalue weighted by Crippen LogP contribution is -2.39. The van der Waals surface area contributed by atoms with Crippen LogP contribution in [0, 0.1) is 0 Å². The Morgan fingerprint density at radius 2 is 1.90 bits per heavy atom. The topological polar surface area (TPSA) is 75.7 Å². The van der Waals surface area contributed by atoms with Gasteiger partial charge in [0.2, 0.25) is 10.0 Å². The molecule has 6 nitrogen and oxygen atoms in total. The van der Waals surface area contributed by atoms with Crippen molar-refractivity contribution < 1.29 is 17.9 Å². The highest BCUT2D eigenvalue weighted by Gasteiger charge is 2.30. The molecule has 0 radical (unpaired) electrons. The normalized spacial score (nSPS) is 16.5. The van der Waals surface area contributed by atoms with E-state index in [1.807, 2.05) is 0 Å². The van der Waals surface area contributed by atoms with Crippen LogP contribution in [0.15, 0.2) is 42.5 Å². The zero-order valence-electron chi connectivity index (χ0n) is 17.1. The largest absolute Gasteiger partial charge is 0.478 e. The molecule has 2 aromatic rings. The number of fused-ring (bicyclic) bond motifs is 1. The van der Waals surface area contributed by atoms with E-state index >= 15 is 0 Å². The first-order valence-corrected chi connectivity index (χ1v) is 11.8. The molecule has 156 valence electrons. The van der Waals surface area contributed by atoms with Crippen molar-refractivity contribution in [1.82, 2.24) is 5.32 Å². The molecule has 0 aliphatic carbocycles. The van der Waals surface area contributed by atoms with E-state index in [0.717, 1.165) is 24.7 Å². The average molecular weight is 417 g/mol. The highest BCUT2D eigenvalue weighted by molar-refractivity contribution is 7.92. The van der Waals surface area contributed by atoms with Crippen LogP contribution in [-0.4, -0.2) is 33.2 Å². The fourth-order valence-electron chi connectivity index (χ4n) is 3.56. The summed E-state index contributed by atoms with van der Waals surface area (Å²) in [5.41, 5.74) is 4.01. The summed E-state index contributed by atoms with van der Waals surface area (Å²) in [6.45, 7) is 4.82. The maximum Gasteiger partial charge on any atom is 0.261 e. The van der Waals surface area contributed by atoms with Crippen molar-refractivity contribution >= 4 is 21.6 Å². The van der Waals surface area contributed by atoms with Crippen molar-refractivity contribution in [3.05, 3.63) is 59.2 Å². The van der Waals surface area contributed by atoms with Gasteiger partial charge in [-0.1, -0.05) is 44.2 Å². The molecule has 2 aromatic carbocycles. The first-order chi connectivity index (χ1) is 13.8. The van der Waals surface area contributed by atoms with Crippen molar-refractivity contribution in [2.75, 3.05) is 17.1 Å². The summed E-state index contributed by atoms with van der Waals surface area (Å²) >= 11 is 0. The summed E-state index contributed by atoms with van der Waals surface area (Å²) < 4.78 is 31.6. The number of sulfonamides is 1. The Bertz CT molecular complexity index is 988. The van der Waals surface area contributed by atoms with E-state index < -0.39 is 16.1 Å². The maximum absolute atomic E-state index is 12.8. The van der Waals surface area contributed by atoms with E-state index in [2.05, 4.69) is 37.4 Å². The molecule has 0 unspecified atom stereocenters. The molecule has 0 saturated carbocycles. The van der Waals surface area contributed by atoms with Crippen LogP contribution < -0.4 is 14.4 Å². The third-order valence-corrected chi connectivity index (χ3v) is 6.38. The Hall–Kier alpha value is -2.54. The number of nitrogens with zero attached hydrogens (tertiary/aromatic N) is 1. The molecule has 0 saturated heterocycles. The van der Waals surface area contributed by atoms with E-state index in [9.17, 15) is 13.2 Å². The lowest BCUT2D eigenvalue weighted by molar-refractivity contribution is -0.128. The van der Waals surface area contributed by atoms with Crippen LogP contribution in [0.3, 0.4) is 0 Å². The number of nitrogens with one attached hydrogen (secondary N) is 1. The Labute approximate surface area is 172 Å². The van der Waals surface area contributed by atoms with Gasteiger partial charge in [-0.15, -0.1) is 0 Å². The van der Waals surface area contributed by atoms with Gasteiger partial charge in [-0.05, 0) is 41.7 Å². The molecular weight excluding hydrogens is 388 g/mol. The maximum atomic E-state index is 12.8. The molecule has 0 fully saturated rings. The smallest absolute Gasteiger partial charge is 0.261 e. The molecule has 1 atom stereocenters. The SMILES string of the molecule is CCc1ccc(CC)c(CNC(=O)[C@H]2CCN(S(C)(=O)=O)c3ccccc3O2)c1. The molecular formula is C22H28N2O4S. The highest BCUT2D eigenvalue weighted by Crippen LogP contribution is 2.33. The van der Waals surface area contributed by atoms with Crippen LogP contribution in [0.5, 0.6) is 5.75 Å². The monoisotopic (exact) mass is 416 g/mol. The first kappa shape index (κ1) is 21.2. The van der Waals surface area contributed by atoms with E-state index in [1.165, 1.54) is 15.4 Å². The van der Waals surface area contributed by atoms with Crippen LogP contribution in [0.1, 0.15) is 37.0 Å². The minimum absolute atomic E-state index is 0.194. The van der Waals surface area contributed by atoms with Crippen molar-refractivity contribution in [2.45, 2.75) is 45.8 Å². The van der Waals surface area contributed by atoms with Crippen molar-refractivity contribution in [3.63, 3.8) is 0 Å². The third kappa shape index (κ3) is 4.90. The number of hydrogen-bond acceptors (Lipinski definition) is 4. The van der Waals surface area contributed by atoms with Gasteiger partial charge in [0.15, 0.2) is 6.10 Å². The van der Waals surface area contributed by atoms with E-state index in [1.54, 1.807) is 24.3 Å². The van der Waals surface area contributed by atoms with Gasteiger partial charge in [0.25, 0.3) is 5.91 Å². The van der Waals surface area contributed by atoms with Gasteiger partial charge < -0.3 is 10.1 Å². The number of benzene rings is 2. The van der Waals surface area contributed by atoms with Crippen molar-refractivity contribution in [3.8, 4) is 5.75 Å². The molecule has 1 N–H and O–H groups in total. The molecule has 3 rings (SSSR count). The van der Waals surface area contributed by atoms with Gasteiger partial charge >= 0.3 is 0 Å². The van der Waals surface area contributed by atoms with Crippen molar-refractivity contribution in [1.29, 1.82) is 0 Å². The number of carbonyl (C=O) groups is 1. The molecule has 0 aromatic heterocycles. The van der Waals surface area contributed by atoms with Crippen LogP contribution in [0.2, 0.25) is 0 Å². The van der Waals surface area contributed by atoms with Crippen LogP contribution in [0.4, 0.5) is 5.69 Å². The lowest BCUT2D eigenvalue weighted by atomic mass is 10.0. The second-order valence-corrected chi connectivity index (χ2v) is 9.13. The number of amides is 1. The highest BCUT2D eigenvalue weighted by atomic mass is 32.2. The van der Waals surface area contributed by atoms with Gasteiger partial charge in [-0.25, -0.2) is 8.42 Å². The summed E-state index contributed by atoms with van der Waals surface area (Å²) in [7, 11) is -3.46. The third-order valence-electron chi connectivity index (χ3n) is 5.20. The number of hydrogen-bond donors (Lipinski definition) is 1. The summed E-state index contributed by atoms with van der Waals surface area (Å²) in [6.07, 6.45) is 2.53. The average Bonchev–Trinajstić information content (AvgIpc) is 2.91. The molecule has 1 aliphatic heterocycles. The van der Waals surface area contributed by atoms with E-state index in [0.29, 0.717) is 18.0 Å². The van der Waals surface area contributed by atoms with Crippen LogP contribution in [-0.2, 0) is 34.2 Å². The summed E-state index contributed by atoms with van der Waals surface area (Å²) in [6, 6.07) is 13.3. The number of aryl methyl sites for hydroxylation is 2. The number of carbonyl (C=O) groups excluding carboxylic acids is 1. The second kappa shape index (κ2) is 8.86.